The largest absolute Gasteiger partial charge is 0.412 e. The molecule has 0 radical (unpaired) electrons. The summed E-state index contributed by atoms with van der Waals surface area (Å²) < 4.78 is 0. The molecule has 4 N–H and O–H groups in total. The van der Waals surface area contributed by atoms with Crippen molar-refractivity contribution in [1.82, 2.24) is 0 Å². The summed E-state index contributed by atoms with van der Waals surface area (Å²) in [5, 5.41) is 0. The van der Waals surface area contributed by atoms with Crippen LogP contribution in [-0.4, -0.2) is 18.8 Å². The molecular weight excluding hydrogens is 162 g/mol. The topological polar surface area (TPSA) is 63.0 Å². The second-order valence-electron chi connectivity index (χ2n) is 1.35. The van der Waals surface area contributed by atoms with Gasteiger partial charge in [0, 0.05) is 0 Å². The number of halogens is 2. The summed E-state index contributed by atoms with van der Waals surface area (Å²) >= 11 is 0. The molecule has 0 amide bonds. The predicted octanol–water partition coefficient (Wildman–Crippen LogP) is 0.0321. The van der Waals surface area contributed by atoms with E-state index in [0.29, 0.717) is 0 Å². The van der Waals surface area contributed by atoms with Crippen LogP contribution in [0.4, 0.5) is 0 Å². The Bertz CT molecular complexity index is 24.0. The summed E-state index contributed by atoms with van der Waals surface area (Å²) in [6.07, 6.45) is 4.08. The maximum atomic E-state index is 2.21. The summed E-state index contributed by atoms with van der Waals surface area (Å²) in [4.78, 5) is 0. The molecule has 9 heavy (non-hydrogen) atoms. The first-order valence-corrected chi connectivity index (χ1v) is 2.41. The van der Waals surface area contributed by atoms with Gasteiger partial charge >= 0.3 is 0 Å². The lowest BCUT2D eigenvalue weighted by molar-refractivity contribution is 0.823. The van der Waals surface area contributed by atoms with Gasteiger partial charge in [-0.1, -0.05) is 26.1 Å². The van der Waals surface area contributed by atoms with Crippen LogP contribution in [0, 0.1) is 0 Å². The molecule has 0 heterocycles. The van der Waals surface area contributed by atoms with E-state index in [1.807, 2.05) is 0 Å². The van der Waals surface area contributed by atoms with Gasteiger partial charge in [-0.2, -0.15) is 0 Å². The highest BCUT2D eigenvalue weighted by Gasteiger charge is 1.68. The first-order valence-electron chi connectivity index (χ1n) is 2.41. The molecule has 0 aromatic heterocycles. The van der Waals surface area contributed by atoms with Gasteiger partial charge in [-0.05, 0) is 0 Å². The van der Waals surface area contributed by atoms with Gasteiger partial charge in [0.05, 0.1) is 0 Å². The highest BCUT2D eigenvalue weighted by atomic mass is 35.5. The van der Waals surface area contributed by atoms with Gasteiger partial charge in [0.15, 0.2) is 0 Å². The van der Waals surface area contributed by atoms with Crippen LogP contribution >= 0.6 is 24.8 Å². The average Bonchev–Trinajstić information content (AvgIpc) is 1.41. The normalized spacial score (nSPS) is 4.56. The highest BCUT2D eigenvalue weighted by molar-refractivity contribution is 6.08. The molecule has 0 rings (SSSR count). The Morgan fingerprint density at radius 2 is 1.44 bits per heavy atom. The van der Waals surface area contributed by atoms with Crippen LogP contribution in [0.5, 0.6) is 0 Å². The van der Waals surface area contributed by atoms with Crippen molar-refractivity contribution < 1.29 is 11.0 Å². The summed E-state index contributed by atoms with van der Waals surface area (Å²) in [5.74, 6) is 0. The molecule has 62 valence electrons. The number of rotatable bonds is 2. The Morgan fingerprint density at radius 3 is 1.44 bits per heavy atom. The van der Waals surface area contributed by atoms with E-state index >= 15 is 0 Å². The molecule has 0 saturated carbocycles. The van der Waals surface area contributed by atoms with E-state index in [-0.39, 0.29) is 35.8 Å². The maximum absolute atomic E-state index is 2.21. The molecule has 0 aliphatic heterocycles. The van der Waals surface area contributed by atoms with Crippen molar-refractivity contribution in [1.29, 1.82) is 0 Å². The minimum atomic E-state index is 0. The van der Waals surface area contributed by atoms with Crippen molar-refractivity contribution in [3.63, 3.8) is 0 Å². The highest BCUT2D eigenvalue weighted by Crippen LogP contribution is 1.86. The van der Waals surface area contributed by atoms with Crippen LogP contribution in [0.25, 0.3) is 0 Å². The molecule has 0 aromatic rings. The van der Waals surface area contributed by atoms with Gasteiger partial charge in [-0.3, -0.25) is 0 Å². The average molecular weight is 179 g/mol. The van der Waals surface area contributed by atoms with E-state index in [1.54, 1.807) is 0 Å². The molecule has 5 heteroatoms. The fourth-order valence-corrected chi connectivity index (χ4v) is 0.354. The van der Waals surface area contributed by atoms with E-state index in [2.05, 4.69) is 14.8 Å². The van der Waals surface area contributed by atoms with Gasteiger partial charge in [0.1, 0.15) is 7.85 Å². The van der Waals surface area contributed by atoms with Crippen LogP contribution in [-0.2, 0) is 0 Å². The van der Waals surface area contributed by atoms with E-state index in [0.717, 1.165) is 0 Å². The molecule has 0 aliphatic rings. The SMILES string of the molecule is BCCCC.Cl.Cl.O.O. The Hall–Kier alpha value is 0.565. The number of hydrogen-bond donors (Lipinski definition) is 0. The Kier molecular flexibility index (Phi) is 144. The molecule has 0 aromatic carbocycles. The summed E-state index contributed by atoms with van der Waals surface area (Å²) in [7, 11) is 2.21. The van der Waals surface area contributed by atoms with Crippen molar-refractivity contribution in [2.45, 2.75) is 26.1 Å². The van der Waals surface area contributed by atoms with Gasteiger partial charge in [0.25, 0.3) is 0 Å². The Balaban J connectivity index is -0.0000000133. The minimum absolute atomic E-state index is 0. The van der Waals surface area contributed by atoms with Gasteiger partial charge in [-0.25, -0.2) is 0 Å². The first-order chi connectivity index (χ1) is 2.41. The Morgan fingerprint density at radius 1 is 1.11 bits per heavy atom. The minimum Gasteiger partial charge on any atom is -0.412 e. The van der Waals surface area contributed by atoms with Crippen LogP contribution in [0.2, 0.25) is 6.32 Å². The fourth-order valence-electron chi connectivity index (χ4n) is 0.354. The fraction of sp³-hybridized carbons (Fsp3) is 1.00. The predicted molar refractivity (Wildman–Crippen MR) is 50.0 cm³/mol. The standard InChI is InChI=1S/C4H11B.2ClH.2H2O/c1-2-3-4-5;;;;/h2-5H2,1H3;2*1H;2*1H2. The second kappa shape index (κ2) is 38.6. The molecule has 0 saturated heterocycles. The zero-order valence-corrected chi connectivity index (χ0v) is 7.57. The zero-order valence-electron chi connectivity index (χ0n) is 5.94. The van der Waals surface area contributed by atoms with E-state index < -0.39 is 0 Å². The van der Waals surface area contributed by atoms with Crippen LogP contribution in [0.3, 0.4) is 0 Å². The van der Waals surface area contributed by atoms with Crippen molar-refractivity contribution in [2.75, 3.05) is 0 Å². The number of unbranched alkanes of at least 4 members (excludes halogenated alkanes) is 1. The third kappa shape index (κ3) is 56.1. The lowest BCUT2D eigenvalue weighted by Gasteiger charge is -1.78. The van der Waals surface area contributed by atoms with E-state index in [1.165, 1.54) is 19.2 Å². The van der Waals surface area contributed by atoms with Crippen LogP contribution in [0.1, 0.15) is 19.8 Å². The van der Waals surface area contributed by atoms with Crippen molar-refractivity contribution in [3.8, 4) is 0 Å². The third-order valence-corrected chi connectivity index (χ3v) is 0.707. The van der Waals surface area contributed by atoms with Crippen molar-refractivity contribution in [3.05, 3.63) is 0 Å². The maximum Gasteiger partial charge on any atom is 0.101 e. The van der Waals surface area contributed by atoms with Gasteiger partial charge in [-0.15, -0.1) is 24.8 Å². The molecule has 0 atom stereocenters. The van der Waals surface area contributed by atoms with Crippen molar-refractivity contribution >= 4 is 32.7 Å². The lowest BCUT2D eigenvalue weighted by Crippen LogP contribution is -1.63. The number of hydrogen-bond acceptors (Lipinski definition) is 0. The monoisotopic (exact) mass is 178 g/mol. The van der Waals surface area contributed by atoms with E-state index in [9.17, 15) is 0 Å². The Labute approximate surface area is 70.3 Å². The first kappa shape index (κ1) is 33.7. The molecule has 0 fully saturated rings. The molecule has 2 nitrogen and oxygen atoms in total. The molecular formula is C4H17BCl2O2. The van der Waals surface area contributed by atoms with Crippen LogP contribution in [0.15, 0.2) is 0 Å². The second-order valence-corrected chi connectivity index (χ2v) is 1.35. The smallest absolute Gasteiger partial charge is 0.101 e. The summed E-state index contributed by atoms with van der Waals surface area (Å²) in [5.41, 5.74) is 0. The van der Waals surface area contributed by atoms with Gasteiger partial charge < -0.3 is 11.0 Å². The van der Waals surface area contributed by atoms with Gasteiger partial charge in [0.2, 0.25) is 0 Å². The quantitative estimate of drug-likeness (QED) is 0.536. The van der Waals surface area contributed by atoms with E-state index in [4.69, 9.17) is 0 Å². The molecule has 0 aliphatic carbocycles. The third-order valence-electron chi connectivity index (χ3n) is 0.707. The molecule has 0 unspecified atom stereocenters. The summed E-state index contributed by atoms with van der Waals surface area (Å²) in [6.45, 7) is 2.21. The lowest BCUT2D eigenvalue weighted by atomic mass is 10.0. The van der Waals surface area contributed by atoms with Crippen molar-refractivity contribution in [2.24, 2.45) is 0 Å². The molecule has 0 spiro atoms. The zero-order chi connectivity index (χ0) is 4.12. The molecule has 0 bridgehead atoms. The summed E-state index contributed by atoms with van der Waals surface area (Å²) in [6, 6.07) is 0. The van der Waals surface area contributed by atoms with Crippen LogP contribution < -0.4 is 0 Å².